The van der Waals surface area contributed by atoms with Gasteiger partial charge in [0.15, 0.2) is 18.9 Å². The molecule has 9 N–H and O–H groups in total. The topological polar surface area (TPSA) is 237 Å². The Balaban J connectivity index is 1.08. The van der Waals surface area contributed by atoms with Crippen molar-refractivity contribution in [2.45, 2.75) is 205 Å². The van der Waals surface area contributed by atoms with Crippen LogP contribution in [0, 0.1) is 57.2 Å². The zero-order valence-corrected chi connectivity index (χ0v) is 38.9. The Bertz CT molecular complexity index is 1740. The number of fused-ring (bicyclic) bond motifs is 6. The predicted octanol–water partition coefficient (Wildman–Crippen LogP) is 2.30. The van der Waals surface area contributed by atoms with Gasteiger partial charge >= 0.3 is 0 Å². The van der Waals surface area contributed by atoms with Gasteiger partial charge in [-0.05, 0) is 121 Å². The lowest BCUT2D eigenvalue weighted by atomic mass is 9.35. The highest BCUT2D eigenvalue weighted by Crippen LogP contribution is 2.74. The zero-order valence-electron chi connectivity index (χ0n) is 38.9. The number of hydrogen-bond donors (Lipinski definition) is 9. The minimum absolute atomic E-state index is 0.0532. The summed E-state index contributed by atoms with van der Waals surface area (Å²) in [4.78, 5) is 0. The van der Waals surface area contributed by atoms with Crippen molar-refractivity contribution in [3.8, 4) is 0 Å². The first-order valence-corrected chi connectivity index (χ1v) is 23.8. The molecule has 0 radical (unpaired) electrons. The Labute approximate surface area is 372 Å². The molecule has 0 aromatic carbocycles. The van der Waals surface area contributed by atoms with Crippen LogP contribution in [-0.4, -0.2) is 157 Å². The van der Waals surface area contributed by atoms with E-state index in [1.54, 1.807) is 0 Å². The van der Waals surface area contributed by atoms with Crippen molar-refractivity contribution < 1.29 is 74.4 Å². The molecule has 15 heteroatoms. The summed E-state index contributed by atoms with van der Waals surface area (Å²) in [5, 5.41) is 97.7. The maximum Gasteiger partial charge on any atom is 0.187 e. The van der Waals surface area contributed by atoms with Gasteiger partial charge in [0.1, 0.15) is 61.0 Å². The Kier molecular flexibility index (Phi) is 12.9. The van der Waals surface area contributed by atoms with E-state index in [-0.39, 0.29) is 46.7 Å². The van der Waals surface area contributed by atoms with Gasteiger partial charge in [0.2, 0.25) is 0 Å². The molecular weight excluding hydrogens is 817 g/mol. The number of aliphatic hydroxyl groups is 9. The molecule has 25 atom stereocenters. The molecule has 0 aromatic rings. The third-order valence-corrected chi connectivity index (χ3v) is 19.4. The summed E-state index contributed by atoms with van der Waals surface area (Å²) in [5.41, 5.74) is 1.07. The van der Waals surface area contributed by atoms with E-state index in [0.717, 1.165) is 32.1 Å². The van der Waals surface area contributed by atoms with E-state index in [0.29, 0.717) is 24.2 Å². The SMILES string of the molecule is C[C@@H]1[C@@H](C)[C@@](C)(O)C2=C3C=CC4[C@@]5(C)CCC(O[C@@H]6OC[C@H](O)[C@@H](O[C@@H]7O[C@H](CO)[C@@H](O)[C@H](O)[C@H]7O)[C@H]6O[C@@H]6O[C@H](C)[C@@H](O)[C@@H](O)[C@H]6O)C(C)(C)C5CC[C@@]4(C)[C@]3(C)CCC2[C@@H]1C. The average molecular weight is 895 g/mol. The maximum atomic E-state index is 12.3. The molecule has 3 aliphatic heterocycles. The highest BCUT2D eigenvalue weighted by molar-refractivity contribution is 5.47. The quantitative estimate of drug-likeness (QED) is 0.167. The van der Waals surface area contributed by atoms with Crippen LogP contribution >= 0.6 is 0 Å². The van der Waals surface area contributed by atoms with E-state index in [4.69, 9.17) is 28.4 Å². The second-order valence-corrected chi connectivity index (χ2v) is 22.6. The lowest BCUT2D eigenvalue weighted by Gasteiger charge is -2.69. The summed E-state index contributed by atoms with van der Waals surface area (Å²) < 4.78 is 37.2. The van der Waals surface area contributed by atoms with Crippen LogP contribution in [0.5, 0.6) is 0 Å². The Morgan fingerprint density at radius 3 is 1.98 bits per heavy atom. The molecule has 0 spiro atoms. The summed E-state index contributed by atoms with van der Waals surface area (Å²) in [5.74, 6) is 1.91. The van der Waals surface area contributed by atoms with Crippen LogP contribution in [0.25, 0.3) is 0 Å². The van der Waals surface area contributed by atoms with Gasteiger partial charge in [0.05, 0.1) is 31.0 Å². The highest BCUT2D eigenvalue weighted by atomic mass is 16.8. The number of aliphatic hydroxyl groups excluding tert-OH is 8. The molecule has 15 nitrogen and oxygen atoms in total. The molecule has 0 bridgehead atoms. The third kappa shape index (κ3) is 7.31. The summed E-state index contributed by atoms with van der Waals surface area (Å²) >= 11 is 0. The summed E-state index contributed by atoms with van der Waals surface area (Å²) in [6.45, 7) is 21.4. The lowest BCUT2D eigenvalue weighted by molar-refractivity contribution is -0.388. The van der Waals surface area contributed by atoms with Gasteiger partial charge in [0.25, 0.3) is 0 Å². The summed E-state index contributed by atoms with van der Waals surface area (Å²) in [6.07, 6.45) is -10.7. The van der Waals surface area contributed by atoms with Crippen LogP contribution in [0.15, 0.2) is 23.3 Å². The fourth-order valence-corrected chi connectivity index (χ4v) is 14.8. The van der Waals surface area contributed by atoms with E-state index in [2.05, 4.69) is 74.5 Å². The van der Waals surface area contributed by atoms with Gasteiger partial charge in [-0.2, -0.15) is 0 Å². The van der Waals surface area contributed by atoms with Crippen LogP contribution in [0.2, 0.25) is 0 Å². The van der Waals surface area contributed by atoms with Crippen LogP contribution in [0.3, 0.4) is 0 Å². The Hall–Kier alpha value is -1.12. The van der Waals surface area contributed by atoms with Crippen molar-refractivity contribution in [2.24, 2.45) is 57.2 Å². The molecule has 8 rings (SSSR count). The molecule has 4 unspecified atom stereocenters. The first kappa shape index (κ1) is 48.3. The molecule has 0 amide bonds. The summed E-state index contributed by atoms with van der Waals surface area (Å²) in [6, 6.07) is 0. The van der Waals surface area contributed by atoms with Crippen LogP contribution < -0.4 is 0 Å². The molecule has 63 heavy (non-hydrogen) atoms. The Morgan fingerprint density at radius 1 is 0.683 bits per heavy atom. The molecule has 0 aromatic heterocycles. The first-order valence-electron chi connectivity index (χ1n) is 23.8. The first-order chi connectivity index (χ1) is 29.4. The van der Waals surface area contributed by atoms with Crippen molar-refractivity contribution in [1.29, 1.82) is 0 Å². The highest BCUT2D eigenvalue weighted by Gasteiger charge is 2.68. The molecule has 6 fully saturated rings. The van der Waals surface area contributed by atoms with E-state index in [1.165, 1.54) is 18.1 Å². The number of hydrogen-bond acceptors (Lipinski definition) is 15. The molecule has 3 saturated heterocycles. The largest absolute Gasteiger partial charge is 0.394 e. The third-order valence-electron chi connectivity index (χ3n) is 19.4. The fraction of sp³-hybridized carbons (Fsp3) is 0.917. The monoisotopic (exact) mass is 895 g/mol. The summed E-state index contributed by atoms with van der Waals surface area (Å²) in [7, 11) is 0. The minimum atomic E-state index is -1.79. The second-order valence-electron chi connectivity index (χ2n) is 22.6. The molecule has 360 valence electrons. The van der Waals surface area contributed by atoms with Gasteiger partial charge in [-0.15, -0.1) is 0 Å². The minimum Gasteiger partial charge on any atom is -0.394 e. The second kappa shape index (κ2) is 16.8. The van der Waals surface area contributed by atoms with Gasteiger partial charge in [0, 0.05) is 0 Å². The molecule has 3 saturated carbocycles. The molecule has 8 aliphatic rings. The van der Waals surface area contributed by atoms with Crippen molar-refractivity contribution in [1.82, 2.24) is 0 Å². The van der Waals surface area contributed by atoms with Gasteiger partial charge in [-0.1, -0.05) is 67.5 Å². The number of rotatable bonds is 7. The predicted molar refractivity (Wildman–Crippen MR) is 227 cm³/mol. The van der Waals surface area contributed by atoms with Gasteiger partial charge < -0.3 is 74.4 Å². The van der Waals surface area contributed by atoms with E-state index in [9.17, 15) is 46.0 Å². The molecular formula is C48H78O15. The fourth-order valence-electron chi connectivity index (χ4n) is 14.8. The van der Waals surface area contributed by atoms with Crippen LogP contribution in [-0.2, 0) is 28.4 Å². The van der Waals surface area contributed by atoms with Gasteiger partial charge in [-0.3, -0.25) is 0 Å². The molecule has 3 heterocycles. The van der Waals surface area contributed by atoms with E-state index < -0.39 is 104 Å². The van der Waals surface area contributed by atoms with Crippen molar-refractivity contribution in [2.75, 3.05) is 13.2 Å². The van der Waals surface area contributed by atoms with E-state index in [1.807, 2.05) is 0 Å². The Morgan fingerprint density at radius 2 is 1.32 bits per heavy atom. The standard InChI is InChI=1S/C48H78O15/c1-21-22(2)25-13-17-46(8)26(32(25)48(10,57)23(21)3)11-12-30-45(7)16-15-31(44(5,6)29(45)14-18-47(30,46)9)61-43-40(63-41-37(55)35(53)33(51)24(4)59-41)39(27(50)20-58-43)62-42-38(56)36(54)34(52)28(19-49)60-42/h11-12,21-25,27-31,33-43,49-57H,13-20H2,1-10H3/t21-,22+,23+,24+,25?,27-,28+,29?,30?,31?,33+,34+,35+,36-,37+,38+,39+,40+,41-,42-,43-,45-,46+,47+,48+/m0/s1. The van der Waals surface area contributed by atoms with Crippen LogP contribution in [0.4, 0.5) is 0 Å². The normalized spacial score (nSPS) is 56.8. The van der Waals surface area contributed by atoms with E-state index >= 15 is 0 Å². The van der Waals surface area contributed by atoms with Crippen LogP contribution in [0.1, 0.15) is 108 Å². The zero-order chi connectivity index (χ0) is 46.1. The lowest BCUT2D eigenvalue weighted by Crippen LogP contribution is -2.66. The van der Waals surface area contributed by atoms with Crippen molar-refractivity contribution in [3.63, 3.8) is 0 Å². The molecule has 5 aliphatic carbocycles. The number of ether oxygens (including phenoxy) is 6. The maximum absolute atomic E-state index is 12.3. The smallest absolute Gasteiger partial charge is 0.187 e. The number of allylic oxidation sites excluding steroid dienone is 3. The average Bonchev–Trinajstić information content (AvgIpc) is 3.23. The van der Waals surface area contributed by atoms with Gasteiger partial charge in [-0.25, -0.2) is 0 Å². The van der Waals surface area contributed by atoms with Crippen molar-refractivity contribution >= 4 is 0 Å². The van der Waals surface area contributed by atoms with Crippen molar-refractivity contribution in [3.05, 3.63) is 23.3 Å².